The summed E-state index contributed by atoms with van der Waals surface area (Å²) in [7, 11) is 0. The molecule has 0 unspecified atom stereocenters. The highest BCUT2D eigenvalue weighted by Crippen LogP contribution is 2.24. The normalized spacial score (nSPS) is 19.7. The molecule has 144 valence electrons. The van der Waals surface area contributed by atoms with Crippen LogP contribution >= 0.6 is 0 Å². The molecule has 1 saturated heterocycles. The van der Waals surface area contributed by atoms with Crippen LogP contribution in [-0.2, 0) is 14.4 Å². The first kappa shape index (κ1) is 18.9. The van der Waals surface area contributed by atoms with Crippen LogP contribution in [0.3, 0.4) is 0 Å². The molecule has 1 aliphatic carbocycles. The summed E-state index contributed by atoms with van der Waals surface area (Å²) in [6.45, 7) is 0.347. The van der Waals surface area contributed by atoms with E-state index in [9.17, 15) is 24.3 Å². The van der Waals surface area contributed by atoms with E-state index in [-0.39, 0.29) is 19.1 Å². The Kier molecular flexibility index (Phi) is 5.73. The SMILES string of the molecule is O=C(O)[C@H](NC(=O)N1CCN(C2CCCCC2)C(=O)C1=O)c1ccccc1. The summed E-state index contributed by atoms with van der Waals surface area (Å²) >= 11 is 0. The molecule has 1 saturated carbocycles. The molecule has 8 nitrogen and oxygen atoms in total. The third-order valence-electron chi connectivity index (χ3n) is 5.16. The van der Waals surface area contributed by atoms with Crippen molar-refractivity contribution in [3.63, 3.8) is 0 Å². The van der Waals surface area contributed by atoms with Gasteiger partial charge in [0.15, 0.2) is 6.04 Å². The zero-order valence-electron chi connectivity index (χ0n) is 15.0. The average molecular weight is 373 g/mol. The van der Waals surface area contributed by atoms with Crippen LogP contribution in [0.5, 0.6) is 0 Å². The number of imide groups is 1. The summed E-state index contributed by atoms with van der Waals surface area (Å²) in [5, 5.41) is 11.8. The van der Waals surface area contributed by atoms with E-state index in [0.717, 1.165) is 37.0 Å². The molecule has 2 N–H and O–H groups in total. The maximum absolute atomic E-state index is 12.5. The second kappa shape index (κ2) is 8.20. The first-order valence-corrected chi connectivity index (χ1v) is 9.19. The third-order valence-corrected chi connectivity index (χ3v) is 5.16. The van der Waals surface area contributed by atoms with Crippen molar-refractivity contribution in [2.24, 2.45) is 0 Å². The molecule has 3 rings (SSSR count). The number of carbonyl (C=O) groups excluding carboxylic acids is 3. The monoisotopic (exact) mass is 373 g/mol. The van der Waals surface area contributed by atoms with E-state index < -0.39 is 29.9 Å². The van der Waals surface area contributed by atoms with Gasteiger partial charge in [0.05, 0.1) is 0 Å². The fraction of sp³-hybridized carbons (Fsp3) is 0.474. The van der Waals surface area contributed by atoms with Gasteiger partial charge in [-0.1, -0.05) is 49.6 Å². The zero-order valence-corrected chi connectivity index (χ0v) is 15.0. The highest BCUT2D eigenvalue weighted by molar-refractivity contribution is 6.38. The lowest BCUT2D eigenvalue weighted by Crippen LogP contribution is -2.61. The number of rotatable bonds is 4. The summed E-state index contributed by atoms with van der Waals surface area (Å²) in [5.74, 6) is -2.83. The van der Waals surface area contributed by atoms with E-state index >= 15 is 0 Å². The maximum atomic E-state index is 12.5. The first-order valence-electron chi connectivity index (χ1n) is 9.19. The van der Waals surface area contributed by atoms with Crippen molar-refractivity contribution in [3.05, 3.63) is 35.9 Å². The van der Waals surface area contributed by atoms with Gasteiger partial charge in [-0.15, -0.1) is 0 Å². The number of hydrogen-bond donors (Lipinski definition) is 2. The topological polar surface area (TPSA) is 107 Å². The molecular formula is C19H23N3O5. The molecule has 4 amide bonds. The minimum absolute atomic E-state index is 0.0523. The molecule has 1 aliphatic heterocycles. The van der Waals surface area contributed by atoms with Crippen molar-refractivity contribution in [3.8, 4) is 0 Å². The number of benzene rings is 1. The Bertz CT molecular complexity index is 730. The lowest BCUT2D eigenvalue weighted by atomic mass is 9.93. The number of carboxylic acid groups (broad SMARTS) is 1. The molecular weight excluding hydrogens is 350 g/mol. The van der Waals surface area contributed by atoms with Gasteiger partial charge in [-0.05, 0) is 18.4 Å². The number of aliphatic carboxylic acids is 1. The zero-order chi connectivity index (χ0) is 19.4. The smallest absolute Gasteiger partial charge is 0.330 e. The van der Waals surface area contributed by atoms with Crippen LogP contribution in [0.4, 0.5) is 4.79 Å². The third kappa shape index (κ3) is 4.10. The van der Waals surface area contributed by atoms with E-state index in [1.54, 1.807) is 35.2 Å². The molecule has 0 radical (unpaired) electrons. The molecule has 2 aliphatic rings. The van der Waals surface area contributed by atoms with Crippen molar-refractivity contribution < 1.29 is 24.3 Å². The quantitative estimate of drug-likeness (QED) is 0.778. The Labute approximate surface area is 157 Å². The van der Waals surface area contributed by atoms with Gasteiger partial charge in [-0.3, -0.25) is 14.5 Å². The minimum Gasteiger partial charge on any atom is -0.479 e. The minimum atomic E-state index is -1.29. The van der Waals surface area contributed by atoms with Crippen LogP contribution in [0.2, 0.25) is 0 Å². The van der Waals surface area contributed by atoms with E-state index in [1.807, 2.05) is 0 Å². The van der Waals surface area contributed by atoms with Gasteiger partial charge in [-0.25, -0.2) is 9.59 Å². The Morgan fingerprint density at radius 3 is 2.30 bits per heavy atom. The molecule has 0 bridgehead atoms. The van der Waals surface area contributed by atoms with Crippen LogP contribution in [-0.4, -0.2) is 57.9 Å². The first-order chi connectivity index (χ1) is 13.0. The molecule has 0 aromatic heterocycles. The number of carboxylic acids is 1. The van der Waals surface area contributed by atoms with Crippen LogP contribution in [0.1, 0.15) is 43.7 Å². The molecule has 2 fully saturated rings. The van der Waals surface area contributed by atoms with Gasteiger partial charge in [-0.2, -0.15) is 0 Å². The number of nitrogens with one attached hydrogen (secondary N) is 1. The second-order valence-electron chi connectivity index (χ2n) is 6.88. The largest absolute Gasteiger partial charge is 0.479 e. The molecule has 1 atom stereocenters. The van der Waals surface area contributed by atoms with Gasteiger partial charge in [0.25, 0.3) is 0 Å². The highest BCUT2D eigenvalue weighted by Gasteiger charge is 2.40. The second-order valence-corrected chi connectivity index (χ2v) is 6.88. The van der Waals surface area contributed by atoms with Crippen molar-refractivity contribution in [2.75, 3.05) is 13.1 Å². The van der Waals surface area contributed by atoms with Gasteiger partial charge < -0.3 is 15.3 Å². The maximum Gasteiger partial charge on any atom is 0.330 e. The predicted molar refractivity (Wildman–Crippen MR) is 95.6 cm³/mol. The number of amides is 4. The molecule has 1 aromatic rings. The van der Waals surface area contributed by atoms with Crippen LogP contribution in [0.25, 0.3) is 0 Å². The lowest BCUT2D eigenvalue weighted by molar-refractivity contribution is -0.156. The fourth-order valence-corrected chi connectivity index (χ4v) is 3.72. The van der Waals surface area contributed by atoms with Crippen molar-refractivity contribution in [1.29, 1.82) is 0 Å². The number of urea groups is 1. The van der Waals surface area contributed by atoms with Crippen molar-refractivity contribution in [2.45, 2.75) is 44.2 Å². The summed E-state index contributed by atoms with van der Waals surface area (Å²) in [6, 6.07) is 6.10. The molecule has 1 aromatic carbocycles. The molecule has 27 heavy (non-hydrogen) atoms. The summed E-state index contributed by atoms with van der Waals surface area (Å²) < 4.78 is 0. The number of hydrogen-bond acceptors (Lipinski definition) is 4. The van der Waals surface area contributed by atoms with E-state index in [1.165, 1.54) is 0 Å². The number of carbonyl (C=O) groups is 4. The van der Waals surface area contributed by atoms with Crippen LogP contribution < -0.4 is 5.32 Å². The summed E-state index contributed by atoms with van der Waals surface area (Å²) in [6.07, 6.45) is 4.95. The standard InChI is InChI=1S/C19H23N3O5/c23-16-17(24)22(12-11-21(16)14-9-5-2-6-10-14)19(27)20-15(18(25)26)13-7-3-1-4-8-13/h1,3-4,7-8,14-15H,2,5-6,9-12H2,(H,20,27)(H,25,26)/t15-/m1/s1. The van der Waals surface area contributed by atoms with Gasteiger partial charge >= 0.3 is 23.8 Å². The van der Waals surface area contributed by atoms with Crippen molar-refractivity contribution >= 4 is 23.8 Å². The Morgan fingerprint density at radius 2 is 1.67 bits per heavy atom. The van der Waals surface area contributed by atoms with Crippen LogP contribution in [0, 0.1) is 0 Å². The fourth-order valence-electron chi connectivity index (χ4n) is 3.72. The molecule has 0 spiro atoms. The highest BCUT2D eigenvalue weighted by atomic mass is 16.4. The number of piperazine rings is 1. The lowest BCUT2D eigenvalue weighted by Gasteiger charge is -2.39. The Morgan fingerprint density at radius 1 is 1.00 bits per heavy atom. The van der Waals surface area contributed by atoms with E-state index in [4.69, 9.17) is 0 Å². The Hall–Kier alpha value is -2.90. The van der Waals surface area contributed by atoms with Gasteiger partial charge in [0.2, 0.25) is 0 Å². The van der Waals surface area contributed by atoms with Crippen LogP contribution in [0.15, 0.2) is 30.3 Å². The average Bonchev–Trinajstić information content (AvgIpc) is 2.69. The van der Waals surface area contributed by atoms with Gasteiger partial charge in [0, 0.05) is 19.1 Å². The summed E-state index contributed by atoms with van der Waals surface area (Å²) in [4.78, 5) is 51.3. The van der Waals surface area contributed by atoms with Gasteiger partial charge in [0.1, 0.15) is 0 Å². The van der Waals surface area contributed by atoms with E-state index in [0.29, 0.717) is 5.56 Å². The molecule has 8 heteroatoms. The van der Waals surface area contributed by atoms with Crippen molar-refractivity contribution in [1.82, 2.24) is 15.1 Å². The molecule has 1 heterocycles. The Balaban J connectivity index is 1.67. The summed E-state index contributed by atoms with van der Waals surface area (Å²) in [5.41, 5.74) is 0.387. The number of nitrogens with zero attached hydrogens (tertiary/aromatic N) is 2. The van der Waals surface area contributed by atoms with E-state index in [2.05, 4.69) is 5.32 Å². The predicted octanol–water partition coefficient (Wildman–Crippen LogP) is 1.53.